The van der Waals surface area contributed by atoms with Crippen LogP contribution in [0, 0.1) is 17.8 Å². The van der Waals surface area contributed by atoms with Crippen LogP contribution >= 0.6 is 0 Å². The average molecular weight is 136 g/mol. The van der Waals surface area contributed by atoms with E-state index in [1.54, 1.807) is 0 Å². The lowest BCUT2D eigenvalue weighted by atomic mass is 9.70. The highest BCUT2D eigenvalue weighted by Gasteiger charge is 2.30. The molecule has 1 heteroatoms. The van der Waals surface area contributed by atoms with Crippen LogP contribution < -0.4 is 0 Å². The first kappa shape index (κ1) is 6.14. The molecule has 54 valence electrons. The van der Waals surface area contributed by atoms with Crippen LogP contribution in [0.5, 0.6) is 0 Å². The quantitative estimate of drug-likeness (QED) is 0.396. The van der Waals surface area contributed by atoms with Crippen molar-refractivity contribution in [3.8, 4) is 0 Å². The molecule has 1 nitrogen and oxygen atoms in total. The summed E-state index contributed by atoms with van der Waals surface area (Å²) in [5, 5.41) is 0. The second-order valence-electron chi connectivity index (χ2n) is 3.42. The van der Waals surface area contributed by atoms with Crippen LogP contribution in [0.3, 0.4) is 0 Å². The molecule has 0 aliphatic heterocycles. The van der Waals surface area contributed by atoms with Gasteiger partial charge >= 0.3 is 0 Å². The van der Waals surface area contributed by atoms with Gasteiger partial charge in [-0.25, -0.2) is 0 Å². The third-order valence-electron chi connectivity index (χ3n) is 2.80. The maximum Gasteiger partial charge on any atom is 0.123 e. The monoisotopic (exact) mass is 136 g/mol. The Labute approximate surface area is 61.1 Å². The first-order chi connectivity index (χ1) is 4.90. The van der Waals surface area contributed by atoms with Crippen LogP contribution in [-0.4, -0.2) is 6.29 Å². The molecule has 0 spiro atoms. The molecule has 3 rings (SSSR count). The third kappa shape index (κ3) is 0.808. The summed E-state index contributed by atoms with van der Waals surface area (Å²) in [5.74, 6) is 1.66. The molecule has 3 unspecified atom stereocenters. The third-order valence-corrected chi connectivity index (χ3v) is 2.80. The minimum atomic E-state index is 0.351. The maximum absolute atomic E-state index is 10.5. The lowest BCUT2D eigenvalue weighted by Gasteiger charge is -2.34. The van der Waals surface area contributed by atoms with Crippen molar-refractivity contribution < 1.29 is 4.79 Å². The Balaban J connectivity index is 2.18. The number of fused-ring (bicyclic) bond motifs is 2. The smallest absolute Gasteiger partial charge is 0.123 e. The number of aldehydes is 1. The van der Waals surface area contributed by atoms with Crippen molar-refractivity contribution in [2.45, 2.75) is 19.3 Å². The maximum atomic E-state index is 10.5. The van der Waals surface area contributed by atoms with Crippen LogP contribution in [0.1, 0.15) is 19.3 Å². The van der Waals surface area contributed by atoms with Crippen molar-refractivity contribution in [1.82, 2.24) is 0 Å². The van der Waals surface area contributed by atoms with Gasteiger partial charge in [0.05, 0.1) is 0 Å². The van der Waals surface area contributed by atoms with Gasteiger partial charge in [-0.2, -0.15) is 0 Å². The fraction of sp³-hybridized carbons (Fsp3) is 0.667. The fourth-order valence-corrected chi connectivity index (χ4v) is 2.13. The summed E-state index contributed by atoms with van der Waals surface area (Å²) in [6, 6.07) is 0. The first-order valence-corrected chi connectivity index (χ1v) is 4.04. The molecule has 3 atom stereocenters. The summed E-state index contributed by atoms with van der Waals surface area (Å²) in [6.45, 7) is 0. The Kier molecular flexibility index (Phi) is 1.37. The first-order valence-electron chi connectivity index (χ1n) is 4.04. The Hall–Kier alpha value is -0.590. The molecule has 0 heterocycles. The summed E-state index contributed by atoms with van der Waals surface area (Å²) in [5.41, 5.74) is 0. The Bertz CT molecular complexity index is 172. The van der Waals surface area contributed by atoms with E-state index in [4.69, 9.17) is 0 Å². The second-order valence-corrected chi connectivity index (χ2v) is 3.42. The molecule has 0 amide bonds. The van der Waals surface area contributed by atoms with Crippen LogP contribution in [-0.2, 0) is 4.79 Å². The fourth-order valence-electron chi connectivity index (χ4n) is 2.13. The van der Waals surface area contributed by atoms with Crippen LogP contribution in [0.25, 0.3) is 0 Å². The molecule has 0 aromatic heterocycles. The number of rotatable bonds is 1. The lowest BCUT2D eigenvalue weighted by Crippen LogP contribution is -2.27. The van der Waals surface area contributed by atoms with E-state index in [1.807, 2.05) is 0 Å². The molecule has 0 aromatic carbocycles. The summed E-state index contributed by atoms with van der Waals surface area (Å²) >= 11 is 0. The molecule has 0 saturated heterocycles. The van der Waals surface area contributed by atoms with Gasteiger partial charge in [0.15, 0.2) is 0 Å². The molecular weight excluding hydrogens is 124 g/mol. The molecule has 0 radical (unpaired) electrons. The Morgan fingerprint density at radius 1 is 1.30 bits per heavy atom. The molecule has 10 heavy (non-hydrogen) atoms. The molecule has 3 aliphatic rings. The van der Waals surface area contributed by atoms with E-state index < -0.39 is 0 Å². The number of hydrogen-bond donors (Lipinski definition) is 0. The number of hydrogen-bond acceptors (Lipinski definition) is 1. The molecule has 2 bridgehead atoms. The van der Waals surface area contributed by atoms with Gasteiger partial charge < -0.3 is 4.79 Å². The van der Waals surface area contributed by atoms with Crippen molar-refractivity contribution in [1.29, 1.82) is 0 Å². The average Bonchev–Trinajstić information content (AvgIpc) is 2.06. The number of carbonyl (C=O) groups is 1. The van der Waals surface area contributed by atoms with Gasteiger partial charge in [-0.3, -0.25) is 0 Å². The van der Waals surface area contributed by atoms with Crippen molar-refractivity contribution in [3.63, 3.8) is 0 Å². The van der Waals surface area contributed by atoms with Crippen molar-refractivity contribution >= 4 is 6.29 Å². The highest BCUT2D eigenvalue weighted by Crippen LogP contribution is 2.38. The van der Waals surface area contributed by atoms with E-state index in [2.05, 4.69) is 12.2 Å². The van der Waals surface area contributed by atoms with E-state index in [1.165, 1.54) is 12.8 Å². The molecule has 0 aromatic rings. The second kappa shape index (κ2) is 2.22. The predicted molar refractivity (Wildman–Crippen MR) is 39.5 cm³/mol. The largest absolute Gasteiger partial charge is 0.303 e. The summed E-state index contributed by atoms with van der Waals surface area (Å²) < 4.78 is 0. The van der Waals surface area contributed by atoms with Gasteiger partial charge in [-0.15, -0.1) is 0 Å². The van der Waals surface area contributed by atoms with Crippen LogP contribution in [0.15, 0.2) is 12.2 Å². The van der Waals surface area contributed by atoms with E-state index in [-0.39, 0.29) is 0 Å². The van der Waals surface area contributed by atoms with Gasteiger partial charge in [-0.1, -0.05) is 12.2 Å². The molecule has 1 saturated carbocycles. The minimum Gasteiger partial charge on any atom is -0.303 e. The predicted octanol–water partition coefficient (Wildman–Crippen LogP) is 1.79. The molecular formula is C9H12O. The minimum absolute atomic E-state index is 0.351. The van der Waals surface area contributed by atoms with Gasteiger partial charge in [0.1, 0.15) is 6.29 Å². The highest BCUT2D eigenvalue weighted by molar-refractivity contribution is 5.55. The van der Waals surface area contributed by atoms with E-state index in [9.17, 15) is 4.79 Å². The molecule has 0 N–H and O–H groups in total. The van der Waals surface area contributed by atoms with Gasteiger partial charge in [-0.05, 0) is 31.1 Å². The van der Waals surface area contributed by atoms with E-state index >= 15 is 0 Å². The SMILES string of the molecule is O=CC1CC2C=CC1CC2. The lowest BCUT2D eigenvalue weighted by molar-refractivity contribution is -0.113. The topological polar surface area (TPSA) is 17.1 Å². The van der Waals surface area contributed by atoms with Crippen LogP contribution in [0.4, 0.5) is 0 Å². The zero-order valence-corrected chi connectivity index (χ0v) is 5.99. The normalized spacial score (nSPS) is 43.8. The van der Waals surface area contributed by atoms with E-state index in [0.29, 0.717) is 11.8 Å². The van der Waals surface area contributed by atoms with Gasteiger partial charge in [0.25, 0.3) is 0 Å². The standard InChI is InChI=1S/C9H12O/c10-6-9-5-7-1-3-8(9)4-2-7/h1,3,6-9H,2,4-5H2. The van der Waals surface area contributed by atoms with Crippen molar-refractivity contribution in [2.24, 2.45) is 17.8 Å². The van der Waals surface area contributed by atoms with Crippen molar-refractivity contribution in [3.05, 3.63) is 12.2 Å². The van der Waals surface area contributed by atoms with Gasteiger partial charge in [0.2, 0.25) is 0 Å². The molecule has 1 fully saturated rings. The molecule has 3 aliphatic carbocycles. The van der Waals surface area contributed by atoms with Crippen LogP contribution in [0.2, 0.25) is 0 Å². The summed E-state index contributed by atoms with van der Waals surface area (Å²) in [7, 11) is 0. The zero-order valence-electron chi connectivity index (χ0n) is 5.99. The Morgan fingerprint density at radius 2 is 2.20 bits per heavy atom. The zero-order chi connectivity index (χ0) is 6.97. The summed E-state index contributed by atoms with van der Waals surface area (Å²) in [4.78, 5) is 10.5. The van der Waals surface area contributed by atoms with E-state index in [0.717, 1.165) is 18.6 Å². The number of carbonyl (C=O) groups excluding carboxylic acids is 1. The highest BCUT2D eigenvalue weighted by atomic mass is 16.1. The van der Waals surface area contributed by atoms with Gasteiger partial charge in [0, 0.05) is 5.92 Å². The summed E-state index contributed by atoms with van der Waals surface area (Å²) in [6.07, 6.45) is 9.33. The number of allylic oxidation sites excluding steroid dienone is 2. The Morgan fingerprint density at radius 3 is 2.50 bits per heavy atom. The van der Waals surface area contributed by atoms with Crippen molar-refractivity contribution in [2.75, 3.05) is 0 Å².